The summed E-state index contributed by atoms with van der Waals surface area (Å²) in [5, 5.41) is 0. The minimum atomic E-state index is 0.440. The lowest BCUT2D eigenvalue weighted by molar-refractivity contribution is 0.274. The van der Waals surface area contributed by atoms with E-state index in [1.165, 1.54) is 70.6 Å². The summed E-state index contributed by atoms with van der Waals surface area (Å²) in [6, 6.07) is 10.6. The fourth-order valence-corrected chi connectivity index (χ4v) is 3.89. The van der Waals surface area contributed by atoms with Gasteiger partial charge in [-0.15, -0.1) is 0 Å². The van der Waals surface area contributed by atoms with E-state index in [1.54, 1.807) is 6.20 Å². The Morgan fingerprint density at radius 1 is 0.758 bits per heavy atom. The second-order valence-corrected chi connectivity index (χ2v) is 9.27. The molecule has 1 atom stereocenters. The molecule has 0 saturated carbocycles. The molecule has 0 radical (unpaired) electrons. The molecule has 0 aliphatic heterocycles. The van der Waals surface area contributed by atoms with Gasteiger partial charge in [0.1, 0.15) is 5.69 Å². The minimum absolute atomic E-state index is 0.440. The normalized spacial score (nSPS) is 12.0. The maximum atomic E-state index is 6.10. The molecule has 1 heterocycles. The average molecular weight is 455 g/mol. The van der Waals surface area contributed by atoms with Gasteiger partial charge in [-0.25, -0.2) is 0 Å². The van der Waals surface area contributed by atoms with Crippen LogP contribution in [0.1, 0.15) is 104 Å². The molecule has 1 unspecified atom stereocenters. The van der Waals surface area contributed by atoms with Gasteiger partial charge in [-0.2, -0.15) is 9.97 Å². The van der Waals surface area contributed by atoms with Gasteiger partial charge in [0.05, 0.1) is 19.4 Å². The highest BCUT2D eigenvalue weighted by atomic mass is 16.5. The van der Waals surface area contributed by atoms with Crippen LogP contribution in [0.25, 0.3) is 11.3 Å². The van der Waals surface area contributed by atoms with E-state index in [0.29, 0.717) is 19.2 Å². The molecule has 0 aliphatic carbocycles. The van der Waals surface area contributed by atoms with Crippen molar-refractivity contribution in [3.05, 3.63) is 36.5 Å². The first-order valence-corrected chi connectivity index (χ1v) is 13.4. The van der Waals surface area contributed by atoms with Gasteiger partial charge in [-0.05, 0) is 18.8 Å². The third-order valence-electron chi connectivity index (χ3n) is 6.31. The van der Waals surface area contributed by atoms with Crippen LogP contribution >= 0.6 is 0 Å². The molecule has 4 heteroatoms. The largest absolute Gasteiger partial charge is 0.490 e. The average Bonchev–Trinajstić information content (AvgIpc) is 2.86. The van der Waals surface area contributed by atoms with E-state index in [4.69, 9.17) is 14.5 Å². The Morgan fingerprint density at radius 3 is 2.09 bits per heavy atom. The monoisotopic (exact) mass is 454 g/mol. The second-order valence-electron chi connectivity index (χ2n) is 9.27. The van der Waals surface area contributed by atoms with Crippen molar-refractivity contribution in [1.82, 2.24) is 9.97 Å². The summed E-state index contributed by atoms with van der Waals surface area (Å²) in [6.45, 7) is 8.22. The van der Waals surface area contributed by atoms with E-state index >= 15 is 0 Å². The van der Waals surface area contributed by atoms with Gasteiger partial charge in [0.25, 0.3) is 0 Å². The molecule has 33 heavy (non-hydrogen) atoms. The molecule has 0 aliphatic rings. The van der Waals surface area contributed by atoms with Crippen LogP contribution in [0.15, 0.2) is 36.5 Å². The zero-order valence-corrected chi connectivity index (χ0v) is 21.4. The molecule has 0 N–H and O–H groups in total. The van der Waals surface area contributed by atoms with Crippen molar-refractivity contribution in [1.29, 1.82) is 0 Å². The molecule has 1 aromatic heterocycles. The number of benzene rings is 1. The van der Waals surface area contributed by atoms with Crippen molar-refractivity contribution >= 4 is 0 Å². The van der Waals surface area contributed by atoms with Crippen LogP contribution in [0.2, 0.25) is 0 Å². The Labute approximate surface area is 202 Å². The Bertz CT molecular complexity index is 736. The van der Waals surface area contributed by atoms with Crippen LogP contribution in [-0.2, 0) is 0 Å². The highest BCUT2D eigenvalue weighted by Crippen LogP contribution is 2.29. The lowest BCUT2D eigenvalue weighted by atomic mass is 10.0. The van der Waals surface area contributed by atoms with Crippen LogP contribution < -0.4 is 9.47 Å². The fourth-order valence-electron chi connectivity index (χ4n) is 3.89. The first-order chi connectivity index (χ1) is 16.2. The lowest BCUT2D eigenvalue weighted by Gasteiger charge is -2.12. The molecular weight excluding hydrogens is 408 g/mol. The minimum Gasteiger partial charge on any atom is -0.490 e. The highest BCUT2D eigenvalue weighted by Gasteiger charge is 2.12. The summed E-state index contributed by atoms with van der Waals surface area (Å²) >= 11 is 0. The van der Waals surface area contributed by atoms with Gasteiger partial charge in [0.15, 0.2) is 5.75 Å². The molecule has 0 saturated heterocycles. The van der Waals surface area contributed by atoms with E-state index in [9.17, 15) is 0 Å². The molecule has 0 fully saturated rings. The third kappa shape index (κ3) is 11.5. The molecule has 0 amide bonds. The van der Waals surface area contributed by atoms with Crippen LogP contribution in [0.4, 0.5) is 0 Å². The van der Waals surface area contributed by atoms with E-state index < -0.39 is 0 Å². The van der Waals surface area contributed by atoms with E-state index in [1.807, 2.05) is 18.2 Å². The zero-order valence-electron chi connectivity index (χ0n) is 21.4. The number of ether oxygens (including phenoxy) is 2. The van der Waals surface area contributed by atoms with Gasteiger partial charge in [0.2, 0.25) is 0 Å². The topological polar surface area (TPSA) is 44.2 Å². The maximum Gasteiger partial charge on any atom is 0.317 e. The number of nitrogens with zero attached hydrogens (tertiary/aromatic N) is 2. The number of hydrogen-bond acceptors (Lipinski definition) is 4. The zero-order chi connectivity index (χ0) is 23.6. The summed E-state index contributed by atoms with van der Waals surface area (Å²) in [5.74, 6) is 1.56. The van der Waals surface area contributed by atoms with E-state index in [0.717, 1.165) is 35.8 Å². The van der Waals surface area contributed by atoms with Gasteiger partial charge in [0, 0.05) is 5.56 Å². The lowest BCUT2D eigenvalue weighted by Crippen LogP contribution is -2.05. The van der Waals surface area contributed by atoms with Gasteiger partial charge < -0.3 is 9.47 Å². The smallest absolute Gasteiger partial charge is 0.317 e. The predicted molar refractivity (Wildman–Crippen MR) is 139 cm³/mol. The first kappa shape index (κ1) is 27.1. The number of rotatable bonds is 19. The first-order valence-electron chi connectivity index (χ1n) is 13.4. The Kier molecular flexibility index (Phi) is 14.3. The molecule has 184 valence electrons. The van der Waals surface area contributed by atoms with Crippen molar-refractivity contribution in [2.75, 3.05) is 13.2 Å². The molecule has 0 bridgehead atoms. The number of aromatic nitrogens is 2. The van der Waals surface area contributed by atoms with Crippen molar-refractivity contribution in [3.8, 4) is 23.0 Å². The molecule has 2 rings (SSSR count). The Morgan fingerprint density at radius 2 is 1.39 bits per heavy atom. The summed E-state index contributed by atoms with van der Waals surface area (Å²) in [5.41, 5.74) is 1.85. The predicted octanol–water partition coefficient (Wildman–Crippen LogP) is 8.65. The van der Waals surface area contributed by atoms with Crippen LogP contribution in [0.5, 0.6) is 11.8 Å². The number of hydrogen-bond donors (Lipinski definition) is 0. The quantitative estimate of drug-likeness (QED) is 0.199. The summed E-state index contributed by atoms with van der Waals surface area (Å²) in [6.07, 6.45) is 18.1. The van der Waals surface area contributed by atoms with Crippen molar-refractivity contribution in [3.63, 3.8) is 0 Å². The molecule has 2 aromatic rings. The fraction of sp³-hybridized carbons (Fsp3) is 0.655. The molecule has 1 aromatic carbocycles. The van der Waals surface area contributed by atoms with E-state index in [-0.39, 0.29) is 0 Å². The van der Waals surface area contributed by atoms with Crippen molar-refractivity contribution in [2.24, 2.45) is 5.92 Å². The summed E-state index contributed by atoms with van der Waals surface area (Å²) < 4.78 is 12.0. The van der Waals surface area contributed by atoms with Gasteiger partial charge >= 0.3 is 6.01 Å². The third-order valence-corrected chi connectivity index (χ3v) is 6.31. The highest BCUT2D eigenvalue weighted by molar-refractivity contribution is 5.65. The second kappa shape index (κ2) is 17.4. The van der Waals surface area contributed by atoms with Crippen molar-refractivity contribution < 1.29 is 9.47 Å². The van der Waals surface area contributed by atoms with Crippen LogP contribution in [0, 0.1) is 5.92 Å². The van der Waals surface area contributed by atoms with Gasteiger partial charge in [-0.3, -0.25) is 0 Å². The Hall–Kier alpha value is -2.10. The molecular formula is C29H46N2O2. The maximum absolute atomic E-state index is 6.10. The van der Waals surface area contributed by atoms with Crippen molar-refractivity contribution in [2.45, 2.75) is 104 Å². The van der Waals surface area contributed by atoms with Crippen LogP contribution in [-0.4, -0.2) is 23.2 Å². The summed E-state index contributed by atoms with van der Waals surface area (Å²) in [7, 11) is 0. The van der Waals surface area contributed by atoms with Crippen LogP contribution in [0.3, 0.4) is 0 Å². The van der Waals surface area contributed by atoms with Gasteiger partial charge in [-0.1, -0.05) is 122 Å². The summed E-state index contributed by atoms with van der Waals surface area (Å²) in [4.78, 5) is 9.12. The molecule has 4 nitrogen and oxygen atoms in total. The SMILES string of the molecule is CCCCCCCCCCOc1cnc(OCCCCCC(C)CC)nc1-c1ccccc1. The molecule has 0 spiro atoms. The van der Waals surface area contributed by atoms with E-state index in [2.05, 4.69) is 37.9 Å². The standard InChI is InChI=1S/C29H46N2O2/c1-4-6-7-8-9-10-11-17-22-32-27-24-30-29(31-28(27)26-20-15-12-16-21-26)33-23-18-13-14-19-25(3)5-2/h12,15-16,20-21,24-25H,4-11,13-14,17-19,22-23H2,1-3H3. The number of unbranched alkanes of at least 4 members (excludes halogenated alkanes) is 9. The Balaban J connectivity index is 1.80.